The molecule has 0 aromatic heterocycles. The minimum atomic E-state index is -0.657. The van der Waals surface area contributed by atoms with Crippen molar-refractivity contribution in [2.75, 3.05) is 18.6 Å². The highest BCUT2D eigenvalue weighted by Gasteiger charge is 2.57. The quantitative estimate of drug-likeness (QED) is 0.432. The summed E-state index contributed by atoms with van der Waals surface area (Å²) in [6, 6.07) is 20.0. The fourth-order valence-corrected chi connectivity index (χ4v) is 5.46. The minimum absolute atomic E-state index is 0.0667. The minimum Gasteiger partial charge on any atom is -0.493 e. The van der Waals surface area contributed by atoms with Crippen molar-refractivity contribution >= 4 is 29.3 Å². The third kappa shape index (κ3) is 4.11. The van der Waals surface area contributed by atoms with Crippen molar-refractivity contribution in [1.82, 2.24) is 5.32 Å². The van der Waals surface area contributed by atoms with Crippen molar-refractivity contribution in [3.8, 4) is 11.5 Å². The second-order valence-corrected chi connectivity index (χ2v) is 10.5. The van der Waals surface area contributed by atoms with Crippen LogP contribution in [0.25, 0.3) is 6.08 Å². The molecule has 1 amide bonds. The van der Waals surface area contributed by atoms with E-state index in [1.165, 1.54) is 16.8 Å². The second kappa shape index (κ2) is 9.21. The standard InChI is InChI=1S/C30H31ClN2O3/c1-20-5-11-25-24(17-20)29(2,3)30(32-28(34)14-16-33(25)30)15-13-21-8-12-26(27(18-21)35-4)36-19-22-6-9-23(31)10-7-22/h5-13,15,17-18H,14,16,19H2,1-4H3,(H,32,34)/b15-13+/t30-/m1/s1. The molecule has 2 heterocycles. The van der Waals surface area contributed by atoms with E-state index in [0.717, 1.165) is 11.1 Å². The first-order valence-corrected chi connectivity index (χ1v) is 12.6. The van der Waals surface area contributed by atoms with Crippen LogP contribution < -0.4 is 19.7 Å². The van der Waals surface area contributed by atoms with Crippen LogP contribution in [0.4, 0.5) is 5.69 Å². The van der Waals surface area contributed by atoms with Gasteiger partial charge in [-0.1, -0.05) is 67.4 Å². The number of rotatable bonds is 6. The third-order valence-corrected chi connectivity index (χ3v) is 7.65. The first-order valence-electron chi connectivity index (χ1n) is 12.2. The molecule has 1 fully saturated rings. The highest BCUT2D eigenvalue weighted by atomic mass is 35.5. The topological polar surface area (TPSA) is 50.8 Å². The van der Waals surface area contributed by atoms with E-state index in [4.69, 9.17) is 21.1 Å². The summed E-state index contributed by atoms with van der Waals surface area (Å²) in [5.74, 6) is 1.38. The highest BCUT2D eigenvalue weighted by Crippen LogP contribution is 2.52. The van der Waals surface area contributed by atoms with Crippen molar-refractivity contribution < 1.29 is 14.3 Å². The number of aryl methyl sites for hydroxylation is 1. The van der Waals surface area contributed by atoms with Crippen LogP contribution in [-0.4, -0.2) is 25.2 Å². The number of halogens is 1. The number of anilines is 1. The number of amides is 1. The Balaban J connectivity index is 1.44. The van der Waals surface area contributed by atoms with Crippen LogP contribution >= 0.6 is 11.6 Å². The van der Waals surface area contributed by atoms with Gasteiger partial charge in [0.15, 0.2) is 11.5 Å². The maximum atomic E-state index is 12.7. The molecule has 186 valence electrons. The molecule has 5 nitrogen and oxygen atoms in total. The largest absolute Gasteiger partial charge is 0.493 e. The van der Waals surface area contributed by atoms with Gasteiger partial charge in [-0.2, -0.15) is 0 Å². The molecule has 5 rings (SSSR count). The first-order chi connectivity index (χ1) is 17.2. The number of carbonyl (C=O) groups is 1. The summed E-state index contributed by atoms with van der Waals surface area (Å²) in [5.41, 5.74) is 4.64. The Morgan fingerprint density at radius 3 is 2.58 bits per heavy atom. The number of hydrogen-bond donors (Lipinski definition) is 1. The number of methoxy groups -OCH3 is 1. The van der Waals surface area contributed by atoms with Gasteiger partial charge in [0.2, 0.25) is 5.91 Å². The van der Waals surface area contributed by atoms with E-state index in [0.29, 0.717) is 36.1 Å². The predicted molar refractivity (Wildman–Crippen MR) is 145 cm³/mol. The van der Waals surface area contributed by atoms with Gasteiger partial charge in [-0.3, -0.25) is 4.79 Å². The number of carbonyl (C=O) groups excluding carboxylic acids is 1. The molecule has 0 aliphatic carbocycles. The maximum absolute atomic E-state index is 12.7. The summed E-state index contributed by atoms with van der Waals surface area (Å²) in [5, 5.41) is 4.03. The lowest BCUT2D eigenvalue weighted by Crippen LogP contribution is -2.68. The SMILES string of the molecule is COc1cc(/C=C/[C@@]23NC(=O)CCN2c2ccc(C)cc2C3(C)C)ccc1OCc1ccc(Cl)cc1. The number of hydrogen-bond acceptors (Lipinski definition) is 4. The van der Waals surface area contributed by atoms with E-state index in [1.54, 1.807) is 7.11 Å². The van der Waals surface area contributed by atoms with Crippen molar-refractivity contribution in [3.63, 3.8) is 0 Å². The smallest absolute Gasteiger partial charge is 0.223 e. The summed E-state index contributed by atoms with van der Waals surface area (Å²) in [6.45, 7) is 7.61. The van der Waals surface area contributed by atoms with Crippen molar-refractivity contribution in [2.24, 2.45) is 0 Å². The fourth-order valence-electron chi connectivity index (χ4n) is 5.33. The van der Waals surface area contributed by atoms with Crippen LogP contribution in [0.3, 0.4) is 0 Å². The molecule has 1 atom stereocenters. The van der Waals surface area contributed by atoms with Gasteiger partial charge in [0, 0.05) is 29.1 Å². The molecular weight excluding hydrogens is 472 g/mol. The molecule has 1 saturated heterocycles. The lowest BCUT2D eigenvalue weighted by Gasteiger charge is -2.49. The van der Waals surface area contributed by atoms with E-state index >= 15 is 0 Å². The Bertz CT molecular complexity index is 1330. The lowest BCUT2D eigenvalue weighted by molar-refractivity contribution is -0.124. The molecule has 6 heteroatoms. The van der Waals surface area contributed by atoms with Gasteiger partial charge in [-0.25, -0.2) is 0 Å². The summed E-state index contributed by atoms with van der Waals surface area (Å²) >= 11 is 5.98. The highest BCUT2D eigenvalue weighted by molar-refractivity contribution is 6.30. The summed E-state index contributed by atoms with van der Waals surface area (Å²) < 4.78 is 11.6. The maximum Gasteiger partial charge on any atom is 0.223 e. The number of nitrogens with one attached hydrogen (secondary N) is 1. The van der Waals surface area contributed by atoms with Crippen LogP contribution in [0, 0.1) is 6.92 Å². The number of ether oxygens (including phenoxy) is 2. The van der Waals surface area contributed by atoms with Crippen LogP contribution in [0.5, 0.6) is 11.5 Å². The third-order valence-electron chi connectivity index (χ3n) is 7.40. The Labute approximate surface area is 217 Å². The van der Waals surface area contributed by atoms with Crippen LogP contribution in [0.2, 0.25) is 5.02 Å². The van der Waals surface area contributed by atoms with Gasteiger partial charge >= 0.3 is 0 Å². The lowest BCUT2D eigenvalue weighted by atomic mass is 9.74. The molecule has 0 bridgehead atoms. The van der Waals surface area contributed by atoms with Crippen molar-refractivity contribution in [3.05, 3.63) is 94.0 Å². The Kier molecular flexibility index (Phi) is 6.21. The van der Waals surface area contributed by atoms with Gasteiger partial charge in [-0.15, -0.1) is 0 Å². The molecule has 2 aliphatic rings. The molecule has 0 saturated carbocycles. The van der Waals surface area contributed by atoms with Crippen LogP contribution in [-0.2, 0) is 16.8 Å². The van der Waals surface area contributed by atoms with Gasteiger partial charge in [-0.05, 0) is 60.0 Å². The zero-order valence-electron chi connectivity index (χ0n) is 21.1. The molecule has 0 radical (unpaired) electrons. The average Bonchev–Trinajstić information content (AvgIpc) is 3.05. The molecule has 0 spiro atoms. The van der Waals surface area contributed by atoms with Gasteiger partial charge < -0.3 is 19.7 Å². The molecular formula is C30H31ClN2O3. The summed E-state index contributed by atoms with van der Waals surface area (Å²) in [4.78, 5) is 15.0. The number of nitrogens with zero attached hydrogens (tertiary/aromatic N) is 1. The normalized spacial score (nSPS) is 20.1. The van der Waals surface area contributed by atoms with Crippen molar-refractivity contribution in [1.29, 1.82) is 0 Å². The molecule has 0 unspecified atom stereocenters. The van der Waals surface area contributed by atoms with Crippen molar-refractivity contribution in [2.45, 2.75) is 44.9 Å². The van der Waals surface area contributed by atoms with E-state index < -0.39 is 5.66 Å². The Morgan fingerprint density at radius 1 is 1.06 bits per heavy atom. The molecule has 1 N–H and O–H groups in total. The molecule has 36 heavy (non-hydrogen) atoms. The Morgan fingerprint density at radius 2 is 1.83 bits per heavy atom. The van der Waals surface area contributed by atoms with Gasteiger partial charge in [0.1, 0.15) is 12.3 Å². The van der Waals surface area contributed by atoms with E-state index in [1.807, 2.05) is 42.5 Å². The summed E-state index contributed by atoms with van der Waals surface area (Å²) in [7, 11) is 1.64. The van der Waals surface area contributed by atoms with Gasteiger partial charge in [0.05, 0.1) is 7.11 Å². The first kappa shape index (κ1) is 24.3. The number of fused-ring (bicyclic) bond motifs is 3. The molecule has 2 aliphatic heterocycles. The fraction of sp³-hybridized carbons (Fsp3) is 0.300. The molecule has 3 aromatic rings. The number of benzene rings is 3. The zero-order chi connectivity index (χ0) is 25.5. The van der Waals surface area contributed by atoms with E-state index in [9.17, 15) is 4.79 Å². The summed E-state index contributed by atoms with van der Waals surface area (Å²) in [6.07, 6.45) is 4.67. The van der Waals surface area contributed by atoms with Crippen LogP contribution in [0.1, 0.15) is 42.5 Å². The Hall–Kier alpha value is -3.44. The average molecular weight is 503 g/mol. The van der Waals surface area contributed by atoms with E-state index in [2.05, 4.69) is 61.3 Å². The monoisotopic (exact) mass is 502 g/mol. The van der Waals surface area contributed by atoms with E-state index in [-0.39, 0.29) is 11.3 Å². The predicted octanol–water partition coefficient (Wildman–Crippen LogP) is 6.26. The second-order valence-electron chi connectivity index (χ2n) is 10.0. The zero-order valence-corrected chi connectivity index (χ0v) is 21.9. The van der Waals surface area contributed by atoms with Gasteiger partial charge in [0.25, 0.3) is 0 Å². The molecule has 3 aromatic carbocycles. The van der Waals surface area contributed by atoms with Crippen LogP contribution in [0.15, 0.2) is 66.7 Å².